The lowest BCUT2D eigenvalue weighted by molar-refractivity contribution is -0.138. The number of rotatable bonds is 1. The Bertz CT molecular complexity index is 552. The maximum atomic E-state index is 11.1. The lowest BCUT2D eigenvalue weighted by atomic mass is 10.0. The van der Waals surface area contributed by atoms with Gasteiger partial charge >= 0.3 is 5.97 Å². The number of carboxylic acids is 1. The van der Waals surface area contributed by atoms with Crippen molar-refractivity contribution in [1.29, 1.82) is 0 Å². The molecule has 1 aliphatic rings. The second-order valence-electron chi connectivity index (χ2n) is 3.96. The first kappa shape index (κ1) is 8.48. The van der Waals surface area contributed by atoms with Gasteiger partial charge in [0.15, 0.2) is 0 Å². The second-order valence-corrected chi connectivity index (χ2v) is 3.96. The highest BCUT2D eigenvalue weighted by atomic mass is 16.4. The summed E-state index contributed by atoms with van der Waals surface area (Å²) in [6.45, 7) is 0. The predicted molar refractivity (Wildman–Crippen MR) is 58.0 cm³/mol. The molecule has 0 radical (unpaired) electrons. The minimum Gasteiger partial charge on any atom is -0.481 e. The maximum absolute atomic E-state index is 11.1. The quantitative estimate of drug-likeness (QED) is 0.764. The van der Waals surface area contributed by atoms with Crippen molar-refractivity contribution in [3.63, 3.8) is 0 Å². The summed E-state index contributed by atoms with van der Waals surface area (Å²) in [5.41, 5.74) is 2.13. The minimum atomic E-state index is -0.723. The van der Waals surface area contributed by atoms with Crippen LogP contribution in [0.1, 0.15) is 17.0 Å². The summed E-state index contributed by atoms with van der Waals surface area (Å²) in [5, 5.41) is 11.4. The van der Waals surface area contributed by atoms with E-state index in [1.165, 1.54) is 0 Å². The van der Waals surface area contributed by atoms with Gasteiger partial charge in [-0.1, -0.05) is 36.4 Å². The van der Waals surface area contributed by atoms with Crippen LogP contribution < -0.4 is 0 Å². The van der Waals surface area contributed by atoms with E-state index in [1.54, 1.807) is 0 Å². The molecule has 3 rings (SSSR count). The molecule has 0 unspecified atom stereocenters. The molecular weight excluding hydrogens is 188 g/mol. The van der Waals surface area contributed by atoms with Gasteiger partial charge in [0.2, 0.25) is 0 Å². The molecule has 0 saturated heterocycles. The van der Waals surface area contributed by atoms with Gasteiger partial charge in [0, 0.05) is 0 Å². The van der Waals surface area contributed by atoms with Gasteiger partial charge in [-0.2, -0.15) is 0 Å². The molecule has 0 spiro atoms. The zero-order valence-electron chi connectivity index (χ0n) is 8.10. The van der Waals surface area contributed by atoms with Crippen LogP contribution in [0.25, 0.3) is 10.8 Å². The first-order chi connectivity index (χ1) is 7.27. The highest BCUT2D eigenvalue weighted by molar-refractivity contribution is 5.96. The van der Waals surface area contributed by atoms with Gasteiger partial charge in [-0.15, -0.1) is 0 Å². The molecular formula is C13H10O2. The van der Waals surface area contributed by atoms with Crippen LogP contribution in [0.3, 0.4) is 0 Å². The second kappa shape index (κ2) is 2.83. The van der Waals surface area contributed by atoms with Crippen LogP contribution in [-0.2, 0) is 11.2 Å². The molecule has 2 aromatic rings. The molecule has 1 atom stereocenters. The SMILES string of the molecule is O=C(O)[C@@H]1Cc2cccc3cccc1c23. The Hall–Kier alpha value is -1.83. The molecule has 2 heteroatoms. The zero-order valence-corrected chi connectivity index (χ0v) is 8.10. The Morgan fingerprint density at radius 1 is 1.20 bits per heavy atom. The van der Waals surface area contributed by atoms with Gasteiger partial charge in [-0.25, -0.2) is 0 Å². The summed E-state index contributed by atoms with van der Waals surface area (Å²) in [5.74, 6) is -1.08. The van der Waals surface area contributed by atoms with Crippen LogP contribution in [0, 0.1) is 0 Å². The van der Waals surface area contributed by atoms with Crippen LogP contribution in [0.2, 0.25) is 0 Å². The molecule has 2 nitrogen and oxygen atoms in total. The number of benzene rings is 2. The van der Waals surface area contributed by atoms with Gasteiger partial charge in [-0.3, -0.25) is 4.79 Å². The highest BCUT2D eigenvalue weighted by Gasteiger charge is 2.29. The van der Waals surface area contributed by atoms with E-state index in [1.807, 2.05) is 36.4 Å². The van der Waals surface area contributed by atoms with E-state index in [-0.39, 0.29) is 5.92 Å². The molecule has 0 saturated carbocycles. The Labute approximate surface area is 87.2 Å². The fraction of sp³-hybridized carbons (Fsp3) is 0.154. The largest absolute Gasteiger partial charge is 0.481 e. The highest BCUT2D eigenvalue weighted by Crippen LogP contribution is 2.38. The maximum Gasteiger partial charge on any atom is 0.311 e. The average Bonchev–Trinajstić information content (AvgIpc) is 2.61. The summed E-state index contributed by atoms with van der Waals surface area (Å²) >= 11 is 0. The number of carboxylic acid groups (broad SMARTS) is 1. The van der Waals surface area contributed by atoms with Crippen molar-refractivity contribution in [3.8, 4) is 0 Å². The van der Waals surface area contributed by atoms with E-state index < -0.39 is 5.97 Å². The van der Waals surface area contributed by atoms with E-state index in [0.29, 0.717) is 6.42 Å². The average molecular weight is 198 g/mol. The number of hydrogen-bond donors (Lipinski definition) is 1. The van der Waals surface area contributed by atoms with Crippen molar-refractivity contribution in [1.82, 2.24) is 0 Å². The van der Waals surface area contributed by atoms with Gasteiger partial charge in [0.05, 0.1) is 5.92 Å². The summed E-state index contributed by atoms with van der Waals surface area (Å²) in [7, 11) is 0. The molecule has 0 heterocycles. The fourth-order valence-corrected chi connectivity index (χ4v) is 2.46. The van der Waals surface area contributed by atoms with E-state index in [9.17, 15) is 4.79 Å². The number of carbonyl (C=O) groups is 1. The van der Waals surface area contributed by atoms with Crippen molar-refractivity contribution in [2.45, 2.75) is 12.3 Å². The van der Waals surface area contributed by atoms with Crippen LogP contribution in [0.4, 0.5) is 0 Å². The Morgan fingerprint density at radius 3 is 2.67 bits per heavy atom. The molecule has 2 aromatic carbocycles. The molecule has 0 aromatic heterocycles. The number of hydrogen-bond acceptors (Lipinski definition) is 1. The van der Waals surface area contributed by atoms with Crippen LogP contribution in [-0.4, -0.2) is 11.1 Å². The van der Waals surface area contributed by atoms with Gasteiger partial charge in [0.25, 0.3) is 0 Å². The first-order valence-corrected chi connectivity index (χ1v) is 5.00. The summed E-state index contributed by atoms with van der Waals surface area (Å²) in [6.07, 6.45) is 0.631. The molecule has 1 N–H and O–H groups in total. The third kappa shape index (κ3) is 1.08. The summed E-state index contributed by atoms with van der Waals surface area (Å²) in [4.78, 5) is 11.1. The molecule has 0 aliphatic heterocycles. The van der Waals surface area contributed by atoms with E-state index >= 15 is 0 Å². The topological polar surface area (TPSA) is 37.3 Å². The van der Waals surface area contributed by atoms with Crippen molar-refractivity contribution < 1.29 is 9.90 Å². The first-order valence-electron chi connectivity index (χ1n) is 5.00. The molecule has 0 amide bonds. The van der Waals surface area contributed by atoms with Crippen LogP contribution in [0.5, 0.6) is 0 Å². The number of aliphatic carboxylic acids is 1. The van der Waals surface area contributed by atoms with Gasteiger partial charge in [-0.05, 0) is 28.3 Å². The van der Waals surface area contributed by atoms with Gasteiger partial charge < -0.3 is 5.11 Å². The Kier molecular flexibility index (Phi) is 1.60. The Balaban J connectivity index is 2.36. The predicted octanol–water partition coefficient (Wildman–Crippen LogP) is 2.56. The van der Waals surface area contributed by atoms with E-state index in [4.69, 9.17) is 5.11 Å². The molecule has 1 aliphatic carbocycles. The van der Waals surface area contributed by atoms with Crippen molar-refractivity contribution >= 4 is 16.7 Å². The monoisotopic (exact) mass is 198 g/mol. The van der Waals surface area contributed by atoms with Crippen molar-refractivity contribution in [2.24, 2.45) is 0 Å². The molecule has 74 valence electrons. The smallest absolute Gasteiger partial charge is 0.311 e. The molecule has 0 fully saturated rings. The lowest BCUT2D eigenvalue weighted by Gasteiger charge is -2.04. The normalized spacial score (nSPS) is 18.3. The fourth-order valence-electron chi connectivity index (χ4n) is 2.46. The van der Waals surface area contributed by atoms with Crippen LogP contribution >= 0.6 is 0 Å². The summed E-state index contributed by atoms with van der Waals surface area (Å²) < 4.78 is 0. The minimum absolute atomic E-state index is 0.355. The van der Waals surface area contributed by atoms with Crippen molar-refractivity contribution in [3.05, 3.63) is 47.5 Å². The van der Waals surface area contributed by atoms with Crippen molar-refractivity contribution in [2.75, 3.05) is 0 Å². The Morgan fingerprint density at radius 2 is 1.93 bits per heavy atom. The lowest BCUT2D eigenvalue weighted by Crippen LogP contribution is -2.09. The zero-order chi connectivity index (χ0) is 10.4. The third-order valence-electron chi connectivity index (χ3n) is 3.12. The third-order valence-corrected chi connectivity index (χ3v) is 3.12. The van der Waals surface area contributed by atoms with Crippen LogP contribution in [0.15, 0.2) is 36.4 Å². The molecule has 15 heavy (non-hydrogen) atoms. The summed E-state index contributed by atoms with van der Waals surface area (Å²) in [6, 6.07) is 11.9. The molecule has 0 bridgehead atoms. The van der Waals surface area contributed by atoms with E-state index in [2.05, 4.69) is 0 Å². The van der Waals surface area contributed by atoms with Gasteiger partial charge in [0.1, 0.15) is 0 Å². The van der Waals surface area contributed by atoms with E-state index in [0.717, 1.165) is 21.9 Å². The standard InChI is InChI=1S/C13H10O2/c14-13(15)11-7-9-5-1-3-8-4-2-6-10(11)12(8)9/h1-6,11H,7H2,(H,14,15)/t11-/m1/s1.